The predicted octanol–water partition coefficient (Wildman–Crippen LogP) is 2.80. The van der Waals surface area contributed by atoms with E-state index in [1.54, 1.807) is 6.33 Å². The first-order chi connectivity index (χ1) is 7.36. The summed E-state index contributed by atoms with van der Waals surface area (Å²) in [4.78, 5) is 7.41. The van der Waals surface area contributed by atoms with Crippen LogP contribution in [0.25, 0.3) is 0 Å². The Morgan fingerprint density at radius 2 is 2.33 bits per heavy atom. The third-order valence-corrected chi connectivity index (χ3v) is 3.38. The molecule has 1 unspecified atom stereocenters. The lowest BCUT2D eigenvalue weighted by molar-refractivity contribution is 0.766. The standard InChI is InChI=1S/C13H14N2/c1-9-3-2-4-11-10(9)5-6-12(11)13-7-14-8-15-13/h2-4,7-8,12H,5-6H2,1H3,(H,14,15). The van der Waals surface area contributed by atoms with Gasteiger partial charge in [0.1, 0.15) is 0 Å². The number of benzene rings is 1. The molecule has 1 atom stereocenters. The summed E-state index contributed by atoms with van der Waals surface area (Å²) < 4.78 is 0. The molecule has 0 aliphatic heterocycles. The molecule has 1 N–H and O–H groups in total. The van der Waals surface area contributed by atoms with Gasteiger partial charge in [-0.2, -0.15) is 0 Å². The van der Waals surface area contributed by atoms with E-state index in [0.29, 0.717) is 5.92 Å². The highest BCUT2D eigenvalue weighted by molar-refractivity contribution is 5.43. The largest absolute Gasteiger partial charge is 0.351 e. The van der Waals surface area contributed by atoms with Gasteiger partial charge in [0, 0.05) is 12.1 Å². The van der Waals surface area contributed by atoms with Crippen LogP contribution in [0.15, 0.2) is 30.7 Å². The van der Waals surface area contributed by atoms with Crippen LogP contribution in [0.4, 0.5) is 0 Å². The molecule has 2 heteroatoms. The molecule has 0 saturated carbocycles. The summed E-state index contributed by atoms with van der Waals surface area (Å²) in [5.41, 5.74) is 5.61. The van der Waals surface area contributed by atoms with Crippen molar-refractivity contribution in [3.05, 3.63) is 53.1 Å². The van der Waals surface area contributed by atoms with Gasteiger partial charge in [-0.15, -0.1) is 0 Å². The Hall–Kier alpha value is -1.57. The molecule has 15 heavy (non-hydrogen) atoms. The molecule has 2 nitrogen and oxygen atoms in total. The zero-order valence-corrected chi connectivity index (χ0v) is 8.83. The Morgan fingerprint density at radius 1 is 1.40 bits per heavy atom. The van der Waals surface area contributed by atoms with Gasteiger partial charge < -0.3 is 4.98 Å². The van der Waals surface area contributed by atoms with Gasteiger partial charge in [0.25, 0.3) is 0 Å². The van der Waals surface area contributed by atoms with Gasteiger partial charge in [-0.1, -0.05) is 18.2 Å². The molecule has 3 rings (SSSR count). The number of rotatable bonds is 1. The SMILES string of the molecule is Cc1cccc2c1CCC2c1c[nH]cn1. The number of aromatic nitrogens is 2. The van der Waals surface area contributed by atoms with E-state index in [1.165, 1.54) is 35.2 Å². The predicted molar refractivity (Wildman–Crippen MR) is 59.9 cm³/mol. The molecule has 2 aromatic rings. The normalized spacial score (nSPS) is 19.1. The molecular formula is C13H14N2. The quantitative estimate of drug-likeness (QED) is 0.750. The molecule has 0 saturated heterocycles. The number of nitrogens with zero attached hydrogens (tertiary/aromatic N) is 1. The number of H-pyrrole nitrogens is 1. The highest BCUT2D eigenvalue weighted by atomic mass is 14.9. The summed E-state index contributed by atoms with van der Waals surface area (Å²) in [5.74, 6) is 0.506. The number of aryl methyl sites for hydroxylation is 1. The van der Waals surface area contributed by atoms with Crippen LogP contribution < -0.4 is 0 Å². The van der Waals surface area contributed by atoms with Crippen molar-refractivity contribution in [3.63, 3.8) is 0 Å². The summed E-state index contributed by atoms with van der Waals surface area (Å²) in [5, 5.41) is 0. The van der Waals surface area contributed by atoms with E-state index < -0.39 is 0 Å². The van der Waals surface area contributed by atoms with Crippen molar-refractivity contribution >= 4 is 0 Å². The molecule has 76 valence electrons. The van der Waals surface area contributed by atoms with Crippen LogP contribution in [0.2, 0.25) is 0 Å². The fourth-order valence-corrected chi connectivity index (χ4v) is 2.61. The lowest BCUT2D eigenvalue weighted by Crippen LogP contribution is -1.96. The summed E-state index contributed by atoms with van der Waals surface area (Å²) in [6, 6.07) is 6.60. The Balaban J connectivity index is 2.09. The number of nitrogens with one attached hydrogen (secondary N) is 1. The molecule has 0 radical (unpaired) electrons. The van der Waals surface area contributed by atoms with Gasteiger partial charge in [0.2, 0.25) is 0 Å². The molecule has 1 aliphatic carbocycles. The van der Waals surface area contributed by atoms with Crippen molar-refractivity contribution in [2.24, 2.45) is 0 Å². The van der Waals surface area contributed by atoms with Crippen LogP contribution in [0, 0.1) is 6.92 Å². The van der Waals surface area contributed by atoms with Crippen molar-refractivity contribution in [1.82, 2.24) is 9.97 Å². The molecule has 0 bridgehead atoms. The first-order valence-corrected chi connectivity index (χ1v) is 5.43. The highest BCUT2D eigenvalue weighted by Gasteiger charge is 2.25. The van der Waals surface area contributed by atoms with Crippen molar-refractivity contribution in [3.8, 4) is 0 Å². The van der Waals surface area contributed by atoms with Crippen LogP contribution >= 0.6 is 0 Å². The lowest BCUT2D eigenvalue weighted by atomic mass is 9.97. The van der Waals surface area contributed by atoms with E-state index in [9.17, 15) is 0 Å². The molecule has 0 spiro atoms. The number of hydrogen-bond donors (Lipinski definition) is 1. The van der Waals surface area contributed by atoms with Crippen LogP contribution in [0.5, 0.6) is 0 Å². The second-order valence-corrected chi connectivity index (χ2v) is 4.23. The monoisotopic (exact) mass is 198 g/mol. The average molecular weight is 198 g/mol. The van der Waals surface area contributed by atoms with Crippen molar-refractivity contribution in [2.45, 2.75) is 25.7 Å². The van der Waals surface area contributed by atoms with E-state index in [4.69, 9.17) is 0 Å². The highest BCUT2D eigenvalue weighted by Crippen LogP contribution is 2.38. The van der Waals surface area contributed by atoms with Crippen LogP contribution in [0.3, 0.4) is 0 Å². The minimum atomic E-state index is 0.506. The van der Waals surface area contributed by atoms with Crippen LogP contribution in [-0.4, -0.2) is 9.97 Å². The number of imidazole rings is 1. The van der Waals surface area contributed by atoms with Crippen molar-refractivity contribution in [2.75, 3.05) is 0 Å². The lowest BCUT2D eigenvalue weighted by Gasteiger charge is -2.08. The zero-order valence-electron chi connectivity index (χ0n) is 8.83. The molecular weight excluding hydrogens is 184 g/mol. The van der Waals surface area contributed by atoms with E-state index in [1.807, 2.05) is 6.20 Å². The van der Waals surface area contributed by atoms with E-state index in [-0.39, 0.29) is 0 Å². The third-order valence-electron chi connectivity index (χ3n) is 3.38. The van der Waals surface area contributed by atoms with Crippen LogP contribution in [-0.2, 0) is 6.42 Å². The summed E-state index contributed by atoms with van der Waals surface area (Å²) in [7, 11) is 0. The number of hydrogen-bond acceptors (Lipinski definition) is 1. The Kier molecular flexibility index (Phi) is 1.88. The fraction of sp³-hybridized carbons (Fsp3) is 0.308. The first-order valence-electron chi connectivity index (χ1n) is 5.43. The summed E-state index contributed by atoms with van der Waals surface area (Å²) in [6.45, 7) is 2.20. The molecule has 1 aliphatic rings. The van der Waals surface area contributed by atoms with Gasteiger partial charge in [0.05, 0.1) is 12.0 Å². The zero-order chi connectivity index (χ0) is 10.3. The van der Waals surface area contributed by atoms with Gasteiger partial charge >= 0.3 is 0 Å². The fourth-order valence-electron chi connectivity index (χ4n) is 2.61. The van der Waals surface area contributed by atoms with Gasteiger partial charge in [0.15, 0.2) is 0 Å². The maximum Gasteiger partial charge on any atom is 0.0923 e. The van der Waals surface area contributed by atoms with Crippen molar-refractivity contribution < 1.29 is 0 Å². The molecule has 1 aromatic carbocycles. The van der Waals surface area contributed by atoms with Crippen molar-refractivity contribution in [1.29, 1.82) is 0 Å². The van der Waals surface area contributed by atoms with Gasteiger partial charge in [-0.25, -0.2) is 4.98 Å². The Labute approximate surface area is 89.4 Å². The molecule has 0 fully saturated rings. The summed E-state index contributed by atoms with van der Waals surface area (Å²) >= 11 is 0. The molecule has 1 heterocycles. The minimum Gasteiger partial charge on any atom is -0.351 e. The molecule has 1 aromatic heterocycles. The Morgan fingerprint density at radius 3 is 3.13 bits per heavy atom. The van der Waals surface area contributed by atoms with Gasteiger partial charge in [-0.05, 0) is 36.5 Å². The maximum absolute atomic E-state index is 4.37. The van der Waals surface area contributed by atoms with E-state index in [0.717, 1.165) is 0 Å². The average Bonchev–Trinajstić information content (AvgIpc) is 2.85. The van der Waals surface area contributed by atoms with E-state index >= 15 is 0 Å². The third kappa shape index (κ3) is 1.29. The first kappa shape index (κ1) is 8.72. The second kappa shape index (κ2) is 3.23. The minimum absolute atomic E-state index is 0.506. The van der Waals surface area contributed by atoms with E-state index in [2.05, 4.69) is 35.1 Å². The number of fused-ring (bicyclic) bond motifs is 1. The Bertz CT molecular complexity index is 471. The van der Waals surface area contributed by atoms with Gasteiger partial charge in [-0.3, -0.25) is 0 Å². The second-order valence-electron chi connectivity index (χ2n) is 4.23. The maximum atomic E-state index is 4.37. The van der Waals surface area contributed by atoms with Crippen LogP contribution in [0.1, 0.15) is 34.7 Å². The summed E-state index contributed by atoms with van der Waals surface area (Å²) in [6.07, 6.45) is 6.18. The topological polar surface area (TPSA) is 28.7 Å². The number of aromatic amines is 1. The molecule has 0 amide bonds. The smallest absolute Gasteiger partial charge is 0.0923 e.